The van der Waals surface area contributed by atoms with Gasteiger partial charge in [-0.15, -0.1) is 0 Å². The van der Waals surface area contributed by atoms with Gasteiger partial charge in [0.05, 0.1) is 6.20 Å². The summed E-state index contributed by atoms with van der Waals surface area (Å²) in [6.07, 6.45) is 3.04. The number of hydrogen-bond donors (Lipinski definition) is 0. The maximum absolute atomic E-state index is 13.5. The molecule has 0 spiro atoms. The van der Waals surface area contributed by atoms with Crippen LogP contribution in [0.15, 0.2) is 24.5 Å². The summed E-state index contributed by atoms with van der Waals surface area (Å²) >= 11 is 0. The van der Waals surface area contributed by atoms with E-state index in [2.05, 4.69) is 10.00 Å². The molecule has 1 aliphatic rings. The van der Waals surface area contributed by atoms with Gasteiger partial charge in [-0.05, 0) is 49.9 Å². The molecule has 0 unspecified atom stereocenters. The number of aromatic nitrogens is 2. The molecule has 2 aromatic rings. The average Bonchev–Trinajstić information content (AvgIpc) is 3.06. The van der Waals surface area contributed by atoms with Crippen LogP contribution in [0.4, 0.5) is 14.5 Å². The Morgan fingerprint density at radius 2 is 1.88 bits per heavy atom. The summed E-state index contributed by atoms with van der Waals surface area (Å²) in [6, 6.07) is 3.79. The minimum absolute atomic E-state index is 0.0933. The van der Waals surface area contributed by atoms with Crippen LogP contribution < -0.4 is 4.90 Å². The standard InChI is InChI=1S/C17H21F2N3.C2H6/c1-11(2)22-10-13(9-20-22)14-7-12-5-4-6-21(3)16(12)8-15(14)17(18)19;1-2/h7-11,17H,4-6H2,1-3H3;1-2H3. The average molecular weight is 335 g/mol. The van der Waals surface area contributed by atoms with E-state index in [-0.39, 0.29) is 11.6 Å². The molecule has 0 radical (unpaired) electrons. The molecule has 24 heavy (non-hydrogen) atoms. The molecule has 2 heterocycles. The summed E-state index contributed by atoms with van der Waals surface area (Å²) in [5.74, 6) is 0. The second kappa shape index (κ2) is 7.77. The van der Waals surface area contributed by atoms with Gasteiger partial charge in [0.1, 0.15) is 0 Å². The first-order valence-electron chi connectivity index (χ1n) is 8.68. The van der Waals surface area contributed by atoms with Crippen LogP contribution in [0.5, 0.6) is 0 Å². The van der Waals surface area contributed by atoms with E-state index in [4.69, 9.17) is 0 Å². The van der Waals surface area contributed by atoms with Crippen LogP contribution in [0.3, 0.4) is 0 Å². The highest BCUT2D eigenvalue weighted by molar-refractivity contribution is 5.73. The Bertz CT molecular complexity index is 677. The molecular weight excluding hydrogens is 308 g/mol. The highest BCUT2D eigenvalue weighted by Crippen LogP contribution is 2.38. The van der Waals surface area contributed by atoms with E-state index >= 15 is 0 Å². The summed E-state index contributed by atoms with van der Waals surface area (Å²) < 4.78 is 28.9. The van der Waals surface area contributed by atoms with Crippen molar-refractivity contribution in [3.8, 4) is 11.1 Å². The minimum atomic E-state index is -2.49. The second-order valence-electron chi connectivity index (χ2n) is 6.20. The van der Waals surface area contributed by atoms with Crippen LogP contribution in [0.25, 0.3) is 11.1 Å². The predicted molar refractivity (Wildman–Crippen MR) is 95.9 cm³/mol. The van der Waals surface area contributed by atoms with Gasteiger partial charge in [0.25, 0.3) is 6.43 Å². The molecule has 1 aliphatic heterocycles. The zero-order valence-corrected chi connectivity index (χ0v) is 15.2. The van der Waals surface area contributed by atoms with Gasteiger partial charge in [0.2, 0.25) is 0 Å². The normalized spacial score (nSPS) is 13.8. The largest absolute Gasteiger partial charge is 0.374 e. The van der Waals surface area contributed by atoms with Crippen molar-refractivity contribution in [3.05, 3.63) is 35.7 Å². The predicted octanol–water partition coefficient (Wildman–Crippen LogP) is 5.48. The number of halogens is 2. The molecule has 1 aromatic heterocycles. The summed E-state index contributed by atoms with van der Waals surface area (Å²) in [7, 11) is 1.96. The van der Waals surface area contributed by atoms with Crippen molar-refractivity contribution in [2.24, 2.45) is 0 Å². The van der Waals surface area contributed by atoms with E-state index in [0.717, 1.165) is 36.2 Å². The third-order valence-corrected chi connectivity index (χ3v) is 4.28. The topological polar surface area (TPSA) is 21.1 Å². The Morgan fingerprint density at radius 1 is 1.17 bits per heavy atom. The monoisotopic (exact) mass is 335 g/mol. The minimum Gasteiger partial charge on any atom is -0.374 e. The number of rotatable bonds is 3. The van der Waals surface area contributed by atoms with Gasteiger partial charge in [-0.25, -0.2) is 8.78 Å². The summed E-state index contributed by atoms with van der Waals surface area (Å²) in [4.78, 5) is 2.06. The van der Waals surface area contributed by atoms with Crippen molar-refractivity contribution in [2.75, 3.05) is 18.5 Å². The van der Waals surface area contributed by atoms with E-state index in [1.807, 2.05) is 47.0 Å². The lowest BCUT2D eigenvalue weighted by Gasteiger charge is -2.29. The number of nitrogens with zero attached hydrogens (tertiary/aromatic N) is 3. The van der Waals surface area contributed by atoms with E-state index in [9.17, 15) is 8.78 Å². The molecule has 0 aliphatic carbocycles. The van der Waals surface area contributed by atoms with Gasteiger partial charge < -0.3 is 4.90 Å². The lowest BCUT2D eigenvalue weighted by Crippen LogP contribution is -2.25. The zero-order valence-electron chi connectivity index (χ0n) is 15.2. The first kappa shape index (κ1) is 18.4. The van der Waals surface area contributed by atoms with Crippen LogP contribution in [0.2, 0.25) is 0 Å². The number of fused-ring (bicyclic) bond motifs is 1. The second-order valence-corrected chi connectivity index (χ2v) is 6.20. The molecule has 132 valence electrons. The van der Waals surface area contributed by atoms with Gasteiger partial charge in [-0.2, -0.15) is 5.10 Å². The highest BCUT2D eigenvalue weighted by Gasteiger charge is 2.22. The van der Waals surface area contributed by atoms with Gasteiger partial charge >= 0.3 is 0 Å². The summed E-state index contributed by atoms with van der Waals surface area (Å²) in [5, 5.41) is 4.28. The molecule has 0 saturated carbocycles. The van der Waals surface area contributed by atoms with Crippen molar-refractivity contribution < 1.29 is 8.78 Å². The highest BCUT2D eigenvalue weighted by atomic mass is 19.3. The van der Waals surface area contributed by atoms with Crippen LogP contribution in [-0.4, -0.2) is 23.4 Å². The number of aryl methyl sites for hydroxylation is 1. The van der Waals surface area contributed by atoms with Gasteiger partial charge in [-0.3, -0.25) is 4.68 Å². The zero-order chi connectivity index (χ0) is 17.9. The molecule has 0 bridgehead atoms. The molecule has 1 aromatic carbocycles. The molecule has 0 N–H and O–H groups in total. The molecule has 3 nitrogen and oxygen atoms in total. The number of alkyl halides is 2. The molecule has 3 rings (SSSR count). The van der Waals surface area contributed by atoms with Crippen molar-refractivity contribution in [2.45, 2.75) is 53.0 Å². The quantitative estimate of drug-likeness (QED) is 0.741. The molecular formula is C19H27F2N3. The van der Waals surface area contributed by atoms with E-state index < -0.39 is 6.43 Å². The van der Waals surface area contributed by atoms with Gasteiger partial charge in [0, 0.05) is 42.6 Å². The van der Waals surface area contributed by atoms with Crippen LogP contribution >= 0.6 is 0 Å². The lowest BCUT2D eigenvalue weighted by atomic mass is 9.93. The Kier molecular flexibility index (Phi) is 5.97. The molecule has 0 saturated heterocycles. The van der Waals surface area contributed by atoms with E-state index in [0.29, 0.717) is 5.56 Å². The Morgan fingerprint density at radius 3 is 2.46 bits per heavy atom. The molecule has 0 amide bonds. The van der Waals surface area contributed by atoms with Crippen LogP contribution in [0, 0.1) is 0 Å². The summed E-state index contributed by atoms with van der Waals surface area (Å²) in [6.45, 7) is 8.96. The fourth-order valence-electron chi connectivity index (χ4n) is 3.02. The van der Waals surface area contributed by atoms with Crippen LogP contribution in [-0.2, 0) is 6.42 Å². The maximum Gasteiger partial charge on any atom is 0.264 e. The molecule has 0 atom stereocenters. The van der Waals surface area contributed by atoms with E-state index in [1.54, 1.807) is 16.9 Å². The maximum atomic E-state index is 13.5. The van der Waals surface area contributed by atoms with Crippen molar-refractivity contribution in [3.63, 3.8) is 0 Å². The Hall–Kier alpha value is -1.91. The van der Waals surface area contributed by atoms with E-state index in [1.165, 1.54) is 0 Å². The number of anilines is 1. The SMILES string of the molecule is CC.CC(C)n1cc(-c2cc3c(cc2C(F)F)N(C)CCC3)cn1. The molecule has 5 heteroatoms. The number of benzene rings is 1. The fourth-order valence-corrected chi connectivity index (χ4v) is 3.02. The smallest absolute Gasteiger partial charge is 0.264 e. The Balaban J connectivity index is 0.00000100. The Labute approximate surface area is 143 Å². The van der Waals surface area contributed by atoms with Gasteiger partial charge in [0.15, 0.2) is 0 Å². The van der Waals surface area contributed by atoms with Crippen molar-refractivity contribution in [1.82, 2.24) is 9.78 Å². The third kappa shape index (κ3) is 3.60. The van der Waals surface area contributed by atoms with Crippen LogP contribution in [0.1, 0.15) is 57.7 Å². The fraction of sp³-hybridized carbons (Fsp3) is 0.526. The molecule has 0 fully saturated rings. The third-order valence-electron chi connectivity index (χ3n) is 4.28. The van der Waals surface area contributed by atoms with Crippen molar-refractivity contribution >= 4 is 5.69 Å². The van der Waals surface area contributed by atoms with Crippen molar-refractivity contribution in [1.29, 1.82) is 0 Å². The van der Waals surface area contributed by atoms with Gasteiger partial charge in [-0.1, -0.05) is 13.8 Å². The number of hydrogen-bond acceptors (Lipinski definition) is 2. The first-order chi connectivity index (χ1) is 11.5. The lowest BCUT2D eigenvalue weighted by molar-refractivity contribution is 0.152. The first-order valence-corrected chi connectivity index (χ1v) is 8.68. The summed E-state index contributed by atoms with van der Waals surface area (Å²) in [5.41, 5.74) is 3.54.